The number of amides is 2. The number of carbonyl (C=O) groups is 2. The molecule has 0 aromatic heterocycles. The van der Waals surface area contributed by atoms with Gasteiger partial charge in [0, 0.05) is 11.8 Å². The van der Waals surface area contributed by atoms with Crippen molar-refractivity contribution in [3.63, 3.8) is 0 Å². The minimum atomic E-state index is -2.97. The van der Waals surface area contributed by atoms with E-state index in [0.717, 1.165) is 0 Å². The zero-order valence-corrected chi connectivity index (χ0v) is 16.3. The predicted molar refractivity (Wildman–Crippen MR) is 107 cm³/mol. The number of fused-ring (bicyclic) bond motifs is 1. The molecule has 1 aliphatic rings. The Bertz CT molecular complexity index is 978. The Hall–Kier alpha value is -3.62. The fourth-order valence-electron chi connectivity index (χ4n) is 2.73. The molecule has 0 spiro atoms. The molecular weight excluding hydrogens is 398 g/mol. The Morgan fingerprint density at radius 3 is 2.80 bits per heavy atom. The van der Waals surface area contributed by atoms with Crippen LogP contribution in [0, 0.1) is 0 Å². The van der Waals surface area contributed by atoms with Crippen LogP contribution in [-0.4, -0.2) is 31.1 Å². The highest BCUT2D eigenvalue weighted by Crippen LogP contribution is 2.32. The average Bonchev–Trinajstić information content (AvgIpc) is 2.69. The number of hydrogen-bond donors (Lipinski definition) is 2. The van der Waals surface area contributed by atoms with Gasteiger partial charge in [0.1, 0.15) is 5.75 Å². The molecule has 1 atom stereocenters. The van der Waals surface area contributed by atoms with Crippen LogP contribution in [0.25, 0.3) is 6.08 Å². The second-order valence-corrected chi connectivity index (χ2v) is 6.30. The Morgan fingerprint density at radius 2 is 2.07 bits per heavy atom. The highest BCUT2D eigenvalue weighted by atomic mass is 19.3. The number of anilines is 2. The molecule has 158 valence electrons. The van der Waals surface area contributed by atoms with Gasteiger partial charge in [-0.25, -0.2) is 0 Å². The van der Waals surface area contributed by atoms with E-state index in [1.165, 1.54) is 30.4 Å². The number of halogens is 2. The molecule has 2 aromatic rings. The van der Waals surface area contributed by atoms with Crippen molar-refractivity contribution < 1.29 is 32.6 Å². The third kappa shape index (κ3) is 5.25. The third-order valence-electron chi connectivity index (χ3n) is 4.09. The van der Waals surface area contributed by atoms with Gasteiger partial charge in [-0.3, -0.25) is 9.59 Å². The van der Waals surface area contributed by atoms with Crippen molar-refractivity contribution in [2.75, 3.05) is 17.2 Å². The molecule has 2 aromatic carbocycles. The van der Waals surface area contributed by atoms with Crippen molar-refractivity contribution in [1.82, 2.24) is 0 Å². The Kier molecular flexibility index (Phi) is 6.51. The third-order valence-corrected chi connectivity index (χ3v) is 4.09. The van der Waals surface area contributed by atoms with Crippen LogP contribution in [0.15, 0.2) is 42.5 Å². The van der Waals surface area contributed by atoms with E-state index in [-0.39, 0.29) is 24.0 Å². The average molecular weight is 418 g/mol. The molecule has 0 saturated carbocycles. The molecule has 2 N–H and O–H groups in total. The van der Waals surface area contributed by atoms with E-state index < -0.39 is 18.6 Å². The van der Waals surface area contributed by atoms with Gasteiger partial charge in [-0.05, 0) is 55.8 Å². The van der Waals surface area contributed by atoms with Crippen LogP contribution in [0.5, 0.6) is 17.2 Å². The second kappa shape index (κ2) is 9.25. The van der Waals surface area contributed by atoms with Crippen molar-refractivity contribution in [3.8, 4) is 17.2 Å². The monoisotopic (exact) mass is 418 g/mol. The second-order valence-electron chi connectivity index (χ2n) is 6.30. The summed E-state index contributed by atoms with van der Waals surface area (Å²) >= 11 is 0. The van der Waals surface area contributed by atoms with Crippen molar-refractivity contribution in [3.05, 3.63) is 48.0 Å². The lowest BCUT2D eigenvalue weighted by molar-refractivity contribution is -0.122. The van der Waals surface area contributed by atoms with E-state index in [0.29, 0.717) is 22.7 Å². The molecule has 30 heavy (non-hydrogen) atoms. The molecule has 0 aliphatic carbocycles. The van der Waals surface area contributed by atoms with Crippen molar-refractivity contribution in [2.24, 2.45) is 0 Å². The number of nitrogens with one attached hydrogen (secondary N) is 2. The Morgan fingerprint density at radius 1 is 1.27 bits per heavy atom. The largest absolute Gasteiger partial charge is 0.490 e. The van der Waals surface area contributed by atoms with Gasteiger partial charge in [0.05, 0.1) is 12.3 Å². The van der Waals surface area contributed by atoms with Crippen LogP contribution >= 0.6 is 0 Å². The Balaban J connectivity index is 1.68. The van der Waals surface area contributed by atoms with Crippen LogP contribution < -0.4 is 24.8 Å². The van der Waals surface area contributed by atoms with Gasteiger partial charge in [0.25, 0.3) is 5.91 Å². The molecular formula is C21H20F2N2O5. The molecule has 9 heteroatoms. The maximum absolute atomic E-state index is 12.5. The highest BCUT2D eigenvalue weighted by Gasteiger charge is 2.23. The lowest BCUT2D eigenvalue weighted by Crippen LogP contribution is -2.34. The smallest absolute Gasteiger partial charge is 0.387 e. The highest BCUT2D eigenvalue weighted by molar-refractivity contribution is 6.03. The lowest BCUT2D eigenvalue weighted by atomic mass is 10.2. The van der Waals surface area contributed by atoms with Gasteiger partial charge in [0.15, 0.2) is 17.6 Å². The van der Waals surface area contributed by atoms with Gasteiger partial charge in [-0.1, -0.05) is 6.07 Å². The summed E-state index contributed by atoms with van der Waals surface area (Å²) in [6.45, 7) is 0.660. The summed E-state index contributed by atoms with van der Waals surface area (Å²) in [4.78, 5) is 23.9. The van der Waals surface area contributed by atoms with Gasteiger partial charge in [-0.2, -0.15) is 8.78 Å². The van der Waals surface area contributed by atoms with Crippen molar-refractivity contribution in [1.29, 1.82) is 0 Å². The summed E-state index contributed by atoms with van der Waals surface area (Å²) in [5.74, 6) is -0.0983. The zero-order chi connectivity index (χ0) is 21.7. The van der Waals surface area contributed by atoms with Crippen LogP contribution in [0.1, 0.15) is 19.4 Å². The van der Waals surface area contributed by atoms with Gasteiger partial charge in [0.2, 0.25) is 5.91 Å². The minimum Gasteiger partial charge on any atom is -0.490 e. The first-order valence-electron chi connectivity index (χ1n) is 9.18. The van der Waals surface area contributed by atoms with Crippen LogP contribution in [-0.2, 0) is 9.59 Å². The fraction of sp³-hybridized carbons (Fsp3) is 0.238. The first kappa shape index (κ1) is 21.1. The summed E-state index contributed by atoms with van der Waals surface area (Å²) in [6, 6.07) is 9.27. The number of ether oxygens (including phenoxy) is 3. The normalized spacial score (nSPS) is 15.4. The summed E-state index contributed by atoms with van der Waals surface area (Å²) in [6.07, 6.45) is 2.21. The summed E-state index contributed by atoms with van der Waals surface area (Å²) < 4.78 is 40.1. The standard InChI is InChI=1S/C21H20F2N2O5/c1-3-28-18-10-13(4-7-17(18)30-21(22)23)5-9-19(26)24-14-6-8-16-15(11-14)25-20(27)12(2)29-16/h4-12,21H,3H2,1-2H3,(H,24,26)(H,25,27)/b9-5+/t12-/m1/s1. The molecule has 0 saturated heterocycles. The number of rotatable bonds is 7. The van der Waals surface area contributed by atoms with E-state index >= 15 is 0 Å². The zero-order valence-electron chi connectivity index (χ0n) is 16.3. The maximum atomic E-state index is 12.5. The summed E-state index contributed by atoms with van der Waals surface area (Å²) in [5.41, 5.74) is 1.50. The Labute approximate surface area is 171 Å². The van der Waals surface area contributed by atoms with Crippen LogP contribution in [0.3, 0.4) is 0 Å². The van der Waals surface area contributed by atoms with Gasteiger partial charge >= 0.3 is 6.61 Å². The minimum absolute atomic E-state index is 0.0823. The van der Waals surface area contributed by atoms with E-state index in [4.69, 9.17) is 9.47 Å². The van der Waals surface area contributed by atoms with E-state index in [2.05, 4.69) is 15.4 Å². The molecule has 2 amide bonds. The lowest BCUT2D eigenvalue weighted by Gasteiger charge is -2.23. The fourth-order valence-corrected chi connectivity index (χ4v) is 2.73. The molecule has 3 rings (SSSR count). The van der Waals surface area contributed by atoms with Crippen molar-refractivity contribution in [2.45, 2.75) is 26.6 Å². The molecule has 1 aliphatic heterocycles. The van der Waals surface area contributed by atoms with Crippen molar-refractivity contribution >= 4 is 29.3 Å². The summed E-state index contributed by atoms with van der Waals surface area (Å²) in [5, 5.41) is 5.38. The summed E-state index contributed by atoms with van der Waals surface area (Å²) in [7, 11) is 0. The quantitative estimate of drug-likeness (QED) is 0.663. The predicted octanol–water partition coefficient (Wildman–Crippen LogP) is 4.06. The maximum Gasteiger partial charge on any atom is 0.387 e. The molecule has 7 nitrogen and oxygen atoms in total. The SMILES string of the molecule is CCOc1cc(/C=C/C(=O)Nc2ccc3c(c2)NC(=O)[C@@H](C)O3)ccc1OC(F)F. The number of benzene rings is 2. The molecule has 0 radical (unpaired) electrons. The van der Waals surface area contributed by atoms with Gasteiger partial charge < -0.3 is 24.8 Å². The molecule has 0 unspecified atom stereocenters. The van der Waals surface area contributed by atoms with E-state index in [9.17, 15) is 18.4 Å². The van der Waals surface area contributed by atoms with Gasteiger partial charge in [-0.15, -0.1) is 0 Å². The molecule has 0 bridgehead atoms. The van der Waals surface area contributed by atoms with E-state index in [1.54, 1.807) is 32.0 Å². The molecule has 0 fully saturated rings. The van der Waals surface area contributed by atoms with Crippen LogP contribution in [0.2, 0.25) is 0 Å². The van der Waals surface area contributed by atoms with E-state index in [1.807, 2.05) is 0 Å². The van der Waals surface area contributed by atoms with Crippen LogP contribution in [0.4, 0.5) is 20.2 Å². The number of carbonyl (C=O) groups excluding carboxylic acids is 2. The number of alkyl halides is 2. The topological polar surface area (TPSA) is 85.9 Å². The molecule has 1 heterocycles. The first-order valence-corrected chi connectivity index (χ1v) is 9.18. The number of hydrogen-bond acceptors (Lipinski definition) is 5. The first-order chi connectivity index (χ1) is 14.4.